The van der Waals surface area contributed by atoms with Gasteiger partial charge in [0.2, 0.25) is 6.79 Å². The van der Waals surface area contributed by atoms with Crippen molar-refractivity contribution in [2.45, 2.75) is 0 Å². The summed E-state index contributed by atoms with van der Waals surface area (Å²) in [6, 6.07) is 17.2. The minimum absolute atomic E-state index is 0.248. The fourth-order valence-electron chi connectivity index (χ4n) is 2.80. The first kappa shape index (κ1) is 13.9. The Morgan fingerprint density at radius 2 is 1.80 bits per heavy atom. The van der Waals surface area contributed by atoms with Gasteiger partial charge in [0.1, 0.15) is 5.82 Å². The Morgan fingerprint density at radius 1 is 0.880 bits per heavy atom. The number of hydrogen-bond acceptors (Lipinski definition) is 6. The monoisotopic (exact) mass is 331 g/mol. The van der Waals surface area contributed by atoms with Gasteiger partial charge in [-0.05, 0) is 36.4 Å². The zero-order valence-electron chi connectivity index (χ0n) is 13.1. The Hall–Kier alpha value is -3.54. The van der Waals surface area contributed by atoms with Crippen molar-refractivity contribution in [1.29, 1.82) is 0 Å². The van der Waals surface area contributed by atoms with E-state index in [0.717, 1.165) is 28.1 Å². The van der Waals surface area contributed by atoms with Crippen molar-refractivity contribution in [3.05, 3.63) is 60.9 Å². The van der Waals surface area contributed by atoms with E-state index in [9.17, 15) is 0 Å². The van der Waals surface area contributed by atoms with Gasteiger partial charge in [-0.2, -0.15) is 0 Å². The molecule has 6 nitrogen and oxygen atoms in total. The molecule has 5 rings (SSSR count). The summed E-state index contributed by atoms with van der Waals surface area (Å²) < 4.78 is 16.2. The summed E-state index contributed by atoms with van der Waals surface area (Å²) in [5, 5.41) is 4.28. The predicted molar refractivity (Wildman–Crippen MR) is 93.1 cm³/mol. The Bertz CT molecular complexity index is 1060. The highest BCUT2D eigenvalue weighted by molar-refractivity contribution is 5.92. The van der Waals surface area contributed by atoms with Crippen LogP contribution >= 0.6 is 0 Å². The standard InChI is InChI=1S/C19H13N3O3/c1-2-5-14-13(4-1)18(22-19(21-14)16-6-3-9-23-16)20-12-7-8-15-17(10-12)25-11-24-15/h1-10H,11H2,(H,20,21,22). The molecule has 1 N–H and O–H groups in total. The van der Waals surface area contributed by atoms with Gasteiger partial charge < -0.3 is 19.2 Å². The summed E-state index contributed by atoms with van der Waals surface area (Å²) in [5.74, 6) is 3.33. The van der Waals surface area contributed by atoms with E-state index in [4.69, 9.17) is 13.9 Å². The third-order valence-corrected chi connectivity index (χ3v) is 3.98. The minimum atomic E-state index is 0.248. The maximum Gasteiger partial charge on any atom is 0.231 e. The molecule has 6 heteroatoms. The molecule has 0 saturated heterocycles. The zero-order valence-corrected chi connectivity index (χ0v) is 13.1. The van der Waals surface area contributed by atoms with Crippen LogP contribution in [0, 0.1) is 0 Å². The van der Waals surface area contributed by atoms with Gasteiger partial charge in [0, 0.05) is 17.1 Å². The van der Waals surface area contributed by atoms with Gasteiger partial charge in [0.25, 0.3) is 0 Å². The number of nitrogens with one attached hydrogen (secondary N) is 1. The Morgan fingerprint density at radius 3 is 2.72 bits per heavy atom. The van der Waals surface area contributed by atoms with Gasteiger partial charge in [0.15, 0.2) is 23.1 Å². The van der Waals surface area contributed by atoms with E-state index in [1.54, 1.807) is 6.26 Å². The van der Waals surface area contributed by atoms with Crippen LogP contribution in [0.5, 0.6) is 11.5 Å². The quantitative estimate of drug-likeness (QED) is 0.601. The molecule has 0 atom stereocenters. The molecule has 2 aromatic carbocycles. The van der Waals surface area contributed by atoms with Crippen LogP contribution in [0.25, 0.3) is 22.5 Å². The fraction of sp³-hybridized carbons (Fsp3) is 0.0526. The molecule has 25 heavy (non-hydrogen) atoms. The van der Waals surface area contributed by atoms with Crippen molar-refractivity contribution in [2.24, 2.45) is 0 Å². The van der Waals surface area contributed by atoms with Gasteiger partial charge in [-0.25, -0.2) is 9.97 Å². The minimum Gasteiger partial charge on any atom is -0.461 e. The van der Waals surface area contributed by atoms with E-state index in [2.05, 4.69) is 15.3 Å². The Kier molecular flexibility index (Phi) is 3.06. The second-order valence-corrected chi connectivity index (χ2v) is 5.58. The lowest BCUT2D eigenvalue weighted by atomic mass is 10.2. The van der Waals surface area contributed by atoms with Crippen LogP contribution in [-0.2, 0) is 0 Å². The van der Waals surface area contributed by atoms with Crippen LogP contribution in [0.2, 0.25) is 0 Å². The topological polar surface area (TPSA) is 69.4 Å². The maximum atomic E-state index is 5.44. The Balaban J connectivity index is 1.62. The van der Waals surface area contributed by atoms with Gasteiger partial charge in [-0.15, -0.1) is 0 Å². The fourth-order valence-corrected chi connectivity index (χ4v) is 2.80. The lowest BCUT2D eigenvalue weighted by molar-refractivity contribution is 0.174. The molecule has 0 radical (unpaired) electrons. The van der Waals surface area contributed by atoms with Crippen molar-refractivity contribution in [3.8, 4) is 23.1 Å². The number of nitrogens with zero attached hydrogens (tertiary/aromatic N) is 2. The van der Waals surface area contributed by atoms with Crippen LogP contribution in [-0.4, -0.2) is 16.8 Å². The lowest BCUT2D eigenvalue weighted by Crippen LogP contribution is -1.99. The molecular formula is C19H13N3O3. The molecule has 1 aliphatic heterocycles. The highest BCUT2D eigenvalue weighted by Crippen LogP contribution is 2.36. The normalized spacial score (nSPS) is 12.5. The molecule has 122 valence electrons. The van der Waals surface area contributed by atoms with Crippen LogP contribution in [0.4, 0.5) is 11.5 Å². The number of rotatable bonds is 3. The summed E-state index contributed by atoms with van der Waals surface area (Å²) in [4.78, 5) is 9.23. The highest BCUT2D eigenvalue weighted by Gasteiger charge is 2.15. The third kappa shape index (κ3) is 2.44. The molecule has 0 unspecified atom stereocenters. The van der Waals surface area contributed by atoms with Crippen LogP contribution < -0.4 is 14.8 Å². The van der Waals surface area contributed by atoms with E-state index in [0.29, 0.717) is 17.4 Å². The summed E-state index contributed by atoms with van der Waals surface area (Å²) in [6.45, 7) is 0.248. The van der Waals surface area contributed by atoms with Gasteiger partial charge >= 0.3 is 0 Å². The van der Waals surface area contributed by atoms with Crippen LogP contribution in [0.15, 0.2) is 65.3 Å². The van der Waals surface area contributed by atoms with Crippen molar-refractivity contribution in [1.82, 2.24) is 9.97 Å². The number of anilines is 2. The van der Waals surface area contributed by atoms with Gasteiger partial charge in [-0.1, -0.05) is 12.1 Å². The Labute approximate surface area is 143 Å². The first-order valence-electron chi connectivity index (χ1n) is 7.84. The number of furan rings is 1. The number of aromatic nitrogens is 2. The average Bonchev–Trinajstić information content (AvgIpc) is 3.33. The van der Waals surface area contributed by atoms with Crippen molar-refractivity contribution in [3.63, 3.8) is 0 Å². The molecule has 0 amide bonds. The number of hydrogen-bond donors (Lipinski definition) is 1. The molecule has 0 fully saturated rings. The predicted octanol–water partition coefficient (Wildman–Crippen LogP) is 4.36. The number of benzene rings is 2. The molecule has 0 bridgehead atoms. The summed E-state index contributed by atoms with van der Waals surface area (Å²) in [5.41, 5.74) is 1.70. The van der Waals surface area contributed by atoms with Crippen molar-refractivity contribution in [2.75, 3.05) is 12.1 Å². The van der Waals surface area contributed by atoms with Crippen molar-refractivity contribution >= 4 is 22.4 Å². The first-order chi connectivity index (χ1) is 12.4. The molecule has 4 aromatic rings. The second-order valence-electron chi connectivity index (χ2n) is 5.58. The average molecular weight is 331 g/mol. The first-order valence-corrected chi connectivity index (χ1v) is 7.84. The lowest BCUT2D eigenvalue weighted by Gasteiger charge is -2.10. The number of ether oxygens (including phenoxy) is 2. The van der Waals surface area contributed by atoms with Crippen LogP contribution in [0.3, 0.4) is 0 Å². The maximum absolute atomic E-state index is 5.44. The molecular weight excluding hydrogens is 318 g/mol. The van der Waals surface area contributed by atoms with E-state index < -0.39 is 0 Å². The number of fused-ring (bicyclic) bond motifs is 2. The molecule has 2 aromatic heterocycles. The van der Waals surface area contributed by atoms with E-state index in [1.807, 2.05) is 54.6 Å². The summed E-state index contributed by atoms with van der Waals surface area (Å²) in [6.07, 6.45) is 1.61. The summed E-state index contributed by atoms with van der Waals surface area (Å²) in [7, 11) is 0. The van der Waals surface area contributed by atoms with Gasteiger partial charge in [-0.3, -0.25) is 0 Å². The zero-order chi connectivity index (χ0) is 16.6. The molecule has 0 spiro atoms. The van der Waals surface area contributed by atoms with E-state index in [1.165, 1.54) is 0 Å². The largest absolute Gasteiger partial charge is 0.461 e. The molecule has 0 saturated carbocycles. The van der Waals surface area contributed by atoms with Crippen molar-refractivity contribution < 1.29 is 13.9 Å². The molecule has 1 aliphatic rings. The summed E-state index contributed by atoms with van der Waals surface area (Å²) >= 11 is 0. The van der Waals surface area contributed by atoms with E-state index >= 15 is 0 Å². The number of para-hydroxylation sites is 1. The third-order valence-electron chi connectivity index (χ3n) is 3.98. The highest BCUT2D eigenvalue weighted by atomic mass is 16.7. The molecule has 3 heterocycles. The second kappa shape index (κ2) is 5.52. The SMILES string of the molecule is c1coc(-c2nc(Nc3ccc4c(c3)OCO4)c3ccccc3n2)c1. The van der Waals surface area contributed by atoms with Gasteiger partial charge in [0.05, 0.1) is 11.8 Å². The van der Waals surface area contributed by atoms with Crippen LogP contribution in [0.1, 0.15) is 0 Å². The smallest absolute Gasteiger partial charge is 0.231 e. The molecule has 0 aliphatic carbocycles. The van der Waals surface area contributed by atoms with E-state index in [-0.39, 0.29) is 6.79 Å².